The van der Waals surface area contributed by atoms with E-state index in [1.54, 1.807) is 12.3 Å². The van der Waals surface area contributed by atoms with E-state index in [-0.39, 0.29) is 0 Å². The molecule has 0 radical (unpaired) electrons. The summed E-state index contributed by atoms with van der Waals surface area (Å²) in [5.41, 5.74) is 2.50. The van der Waals surface area contributed by atoms with Gasteiger partial charge < -0.3 is 0 Å². The minimum atomic E-state index is 0.597. The van der Waals surface area contributed by atoms with E-state index in [0.717, 1.165) is 29.8 Å². The Morgan fingerprint density at radius 2 is 2.31 bits per heavy atom. The number of rotatable bonds is 3. The zero-order chi connectivity index (χ0) is 11.1. The highest BCUT2D eigenvalue weighted by Crippen LogP contribution is 2.33. The van der Waals surface area contributed by atoms with Gasteiger partial charge in [-0.05, 0) is 37.3 Å². The highest BCUT2D eigenvalue weighted by molar-refractivity contribution is 6.31. The van der Waals surface area contributed by atoms with E-state index in [1.807, 2.05) is 10.6 Å². The lowest BCUT2D eigenvalue weighted by Crippen LogP contribution is -2.00. The molecule has 0 saturated heterocycles. The second-order valence-corrected chi connectivity index (χ2v) is 4.76. The van der Waals surface area contributed by atoms with Crippen LogP contribution in [-0.2, 0) is 6.42 Å². The van der Waals surface area contributed by atoms with Crippen molar-refractivity contribution in [3.05, 3.63) is 34.6 Å². The lowest BCUT2D eigenvalue weighted by Gasteiger charge is -2.05. The van der Waals surface area contributed by atoms with Gasteiger partial charge >= 0.3 is 0 Å². The van der Waals surface area contributed by atoms with E-state index < -0.39 is 0 Å². The molecular weight excluding hydrogens is 224 g/mol. The van der Waals surface area contributed by atoms with Crippen molar-refractivity contribution in [1.82, 2.24) is 9.61 Å². The topological polar surface area (TPSA) is 34.4 Å². The molecule has 4 heteroatoms. The third-order valence-corrected chi connectivity index (χ3v) is 3.23. The van der Waals surface area contributed by atoms with Crippen LogP contribution in [0.3, 0.4) is 0 Å². The third-order valence-electron chi connectivity index (χ3n) is 3.01. The molecule has 0 aliphatic heterocycles. The lowest BCUT2D eigenvalue weighted by atomic mass is 10.2. The molecule has 0 N–H and O–H groups in total. The zero-order valence-electron chi connectivity index (χ0n) is 8.69. The number of nitrogens with zero attached hydrogens (tertiary/aromatic N) is 2. The molecule has 82 valence electrons. The van der Waals surface area contributed by atoms with E-state index in [2.05, 4.69) is 5.10 Å². The molecule has 0 spiro atoms. The van der Waals surface area contributed by atoms with Crippen LogP contribution in [0.15, 0.2) is 18.3 Å². The van der Waals surface area contributed by atoms with E-state index in [0.29, 0.717) is 10.6 Å². The van der Waals surface area contributed by atoms with Gasteiger partial charge in [-0.3, -0.25) is 4.79 Å². The number of fused-ring (bicyclic) bond motifs is 1. The lowest BCUT2D eigenvalue weighted by molar-refractivity contribution is 0.112. The minimum Gasteiger partial charge on any atom is -0.298 e. The molecule has 2 heterocycles. The Kier molecular flexibility index (Phi) is 2.21. The maximum atomic E-state index is 10.8. The van der Waals surface area contributed by atoms with Crippen molar-refractivity contribution >= 4 is 23.4 Å². The van der Waals surface area contributed by atoms with Crippen molar-refractivity contribution in [2.24, 2.45) is 5.92 Å². The summed E-state index contributed by atoms with van der Waals surface area (Å²) in [6, 6.07) is 3.73. The Morgan fingerprint density at radius 1 is 1.50 bits per heavy atom. The van der Waals surface area contributed by atoms with Gasteiger partial charge in [0, 0.05) is 10.7 Å². The van der Waals surface area contributed by atoms with Crippen LogP contribution < -0.4 is 0 Å². The van der Waals surface area contributed by atoms with Gasteiger partial charge in [-0.1, -0.05) is 11.6 Å². The van der Waals surface area contributed by atoms with Crippen molar-refractivity contribution in [2.45, 2.75) is 19.3 Å². The minimum absolute atomic E-state index is 0.597. The van der Waals surface area contributed by atoms with Crippen LogP contribution in [0, 0.1) is 5.92 Å². The second kappa shape index (κ2) is 3.59. The molecule has 0 unspecified atom stereocenters. The first-order valence-corrected chi connectivity index (χ1v) is 5.77. The smallest absolute Gasteiger partial charge is 0.153 e. The number of aldehydes is 1. The fourth-order valence-corrected chi connectivity index (χ4v) is 2.22. The second-order valence-electron chi connectivity index (χ2n) is 4.33. The van der Waals surface area contributed by atoms with Crippen molar-refractivity contribution in [1.29, 1.82) is 0 Å². The summed E-state index contributed by atoms with van der Waals surface area (Å²) >= 11 is 6.06. The van der Waals surface area contributed by atoms with E-state index in [9.17, 15) is 4.79 Å². The molecular formula is C12H11ClN2O. The van der Waals surface area contributed by atoms with Gasteiger partial charge in [-0.15, -0.1) is 0 Å². The normalized spacial score (nSPS) is 15.6. The molecule has 1 fully saturated rings. The van der Waals surface area contributed by atoms with E-state index in [4.69, 9.17) is 11.6 Å². The van der Waals surface area contributed by atoms with Gasteiger partial charge in [0.1, 0.15) is 0 Å². The zero-order valence-corrected chi connectivity index (χ0v) is 9.44. The highest BCUT2D eigenvalue weighted by atomic mass is 35.5. The van der Waals surface area contributed by atoms with Crippen LogP contribution in [-0.4, -0.2) is 15.9 Å². The summed E-state index contributed by atoms with van der Waals surface area (Å²) in [6.07, 6.45) is 5.98. The summed E-state index contributed by atoms with van der Waals surface area (Å²) in [7, 11) is 0. The molecule has 16 heavy (non-hydrogen) atoms. The average molecular weight is 235 g/mol. The van der Waals surface area contributed by atoms with E-state index in [1.165, 1.54) is 12.8 Å². The van der Waals surface area contributed by atoms with Crippen molar-refractivity contribution in [3.8, 4) is 0 Å². The Hall–Kier alpha value is -1.35. The maximum absolute atomic E-state index is 10.8. The van der Waals surface area contributed by atoms with E-state index >= 15 is 0 Å². The summed E-state index contributed by atoms with van der Waals surface area (Å²) < 4.78 is 1.83. The maximum Gasteiger partial charge on any atom is 0.153 e. The van der Waals surface area contributed by atoms with Gasteiger partial charge in [0.25, 0.3) is 0 Å². The quantitative estimate of drug-likeness (QED) is 0.766. The molecule has 1 aliphatic rings. The van der Waals surface area contributed by atoms with Gasteiger partial charge in [-0.2, -0.15) is 5.10 Å². The first-order valence-electron chi connectivity index (χ1n) is 5.39. The number of carbonyl (C=O) groups excluding carboxylic acids is 1. The first-order chi connectivity index (χ1) is 7.78. The molecule has 0 bridgehead atoms. The van der Waals surface area contributed by atoms with Crippen LogP contribution in [0.2, 0.25) is 5.02 Å². The van der Waals surface area contributed by atoms with Crippen molar-refractivity contribution < 1.29 is 4.79 Å². The van der Waals surface area contributed by atoms with Gasteiger partial charge in [0.05, 0.1) is 17.3 Å². The van der Waals surface area contributed by atoms with Crippen molar-refractivity contribution in [2.75, 3.05) is 0 Å². The molecule has 2 aromatic rings. The molecule has 0 aromatic carbocycles. The molecule has 0 amide bonds. The molecule has 3 nitrogen and oxygen atoms in total. The summed E-state index contributed by atoms with van der Waals surface area (Å²) in [4.78, 5) is 10.8. The molecule has 2 aromatic heterocycles. The van der Waals surface area contributed by atoms with Gasteiger partial charge in [-0.25, -0.2) is 4.52 Å². The van der Waals surface area contributed by atoms with Crippen LogP contribution in [0.5, 0.6) is 0 Å². The van der Waals surface area contributed by atoms with Crippen molar-refractivity contribution in [3.63, 3.8) is 0 Å². The number of halogens is 1. The number of pyridine rings is 1. The number of carbonyl (C=O) groups is 1. The Labute approximate surface area is 98.0 Å². The summed E-state index contributed by atoms with van der Waals surface area (Å²) in [5, 5.41) is 4.91. The Balaban J connectivity index is 2.17. The average Bonchev–Trinajstić information content (AvgIpc) is 2.96. The Bertz CT molecular complexity index is 557. The third kappa shape index (κ3) is 1.61. The Morgan fingerprint density at radius 3 is 3.00 bits per heavy atom. The summed E-state index contributed by atoms with van der Waals surface area (Å²) in [5.74, 6) is 0.769. The predicted octanol–water partition coefficient (Wildman–Crippen LogP) is 2.75. The molecule has 0 atom stereocenters. The number of hydrogen-bond donors (Lipinski definition) is 0. The van der Waals surface area contributed by atoms with Crippen LogP contribution in [0.4, 0.5) is 0 Å². The standard InChI is InChI=1S/C12H11ClN2O/c13-10-4-11(3-8-1-2-8)15-12(5-10)9(7-16)6-14-15/h4-8H,1-3H2. The highest BCUT2D eigenvalue weighted by Gasteiger charge is 2.23. The van der Waals surface area contributed by atoms with Crippen LogP contribution >= 0.6 is 11.6 Å². The fourth-order valence-electron chi connectivity index (χ4n) is 1.99. The monoisotopic (exact) mass is 234 g/mol. The van der Waals surface area contributed by atoms with Crippen LogP contribution in [0.25, 0.3) is 5.52 Å². The number of aromatic nitrogens is 2. The molecule has 1 aliphatic carbocycles. The van der Waals surface area contributed by atoms with Gasteiger partial charge in [0.15, 0.2) is 6.29 Å². The SMILES string of the molecule is O=Cc1cnn2c(CC3CC3)cc(Cl)cc12. The van der Waals surface area contributed by atoms with Gasteiger partial charge in [0.2, 0.25) is 0 Å². The predicted molar refractivity (Wildman–Crippen MR) is 62.0 cm³/mol. The largest absolute Gasteiger partial charge is 0.298 e. The summed E-state index contributed by atoms with van der Waals surface area (Å²) in [6.45, 7) is 0. The van der Waals surface area contributed by atoms with Crippen LogP contribution in [0.1, 0.15) is 28.9 Å². The fraction of sp³-hybridized carbons (Fsp3) is 0.333. The molecule has 3 rings (SSSR count). The molecule has 1 saturated carbocycles. The number of hydrogen-bond acceptors (Lipinski definition) is 2. The first kappa shape index (κ1) is 9.85.